The number of carbonyl (C=O) groups excluding carboxylic acids is 1. The monoisotopic (exact) mass is 337 g/mol. The van der Waals surface area contributed by atoms with Crippen LogP contribution in [0, 0.1) is 0 Å². The van der Waals surface area contributed by atoms with Crippen LogP contribution < -0.4 is 0 Å². The van der Waals surface area contributed by atoms with E-state index in [0.717, 1.165) is 5.56 Å². The number of hydrogen-bond donors (Lipinski definition) is 2. The smallest absolute Gasteiger partial charge is 0.302 e. The Hall–Kier alpha value is -2.16. The lowest BCUT2D eigenvalue weighted by Gasteiger charge is -2.40. The van der Waals surface area contributed by atoms with Gasteiger partial charge in [0.15, 0.2) is 6.29 Å². The van der Waals surface area contributed by atoms with Crippen LogP contribution in [-0.2, 0) is 25.6 Å². The third kappa shape index (κ3) is 4.67. The predicted octanol–water partition coefficient (Wildman–Crippen LogP) is 0.892. The van der Waals surface area contributed by atoms with E-state index in [0.29, 0.717) is 0 Å². The summed E-state index contributed by atoms with van der Waals surface area (Å²) in [4.78, 5) is 13.6. The molecule has 24 heavy (non-hydrogen) atoms. The van der Waals surface area contributed by atoms with Crippen molar-refractivity contribution in [1.82, 2.24) is 0 Å². The van der Waals surface area contributed by atoms with Gasteiger partial charge in [0.1, 0.15) is 24.9 Å². The Morgan fingerprint density at radius 2 is 2.08 bits per heavy atom. The molecule has 0 spiro atoms. The molecule has 2 rings (SSSR count). The average molecular weight is 337 g/mol. The molecule has 0 saturated carbocycles. The first-order valence-corrected chi connectivity index (χ1v) is 7.37. The summed E-state index contributed by atoms with van der Waals surface area (Å²) in [5, 5.41) is 23.9. The van der Waals surface area contributed by atoms with E-state index in [1.165, 1.54) is 6.92 Å². The number of hydrogen-bond acceptors (Lipinski definition) is 7. The summed E-state index contributed by atoms with van der Waals surface area (Å²) in [6.07, 6.45) is -4.72. The van der Waals surface area contributed by atoms with Gasteiger partial charge in [0.05, 0.1) is 12.7 Å². The Kier molecular flexibility index (Phi) is 6.53. The number of esters is 1. The summed E-state index contributed by atoms with van der Waals surface area (Å²) in [6.45, 7) is 1.12. The van der Waals surface area contributed by atoms with Crippen molar-refractivity contribution in [1.29, 1.82) is 0 Å². The molecule has 9 nitrogen and oxygen atoms in total. The van der Waals surface area contributed by atoms with Gasteiger partial charge in [0.2, 0.25) is 0 Å². The third-order valence-corrected chi connectivity index (χ3v) is 3.58. The second-order valence-corrected chi connectivity index (χ2v) is 5.31. The van der Waals surface area contributed by atoms with Gasteiger partial charge >= 0.3 is 5.97 Å². The minimum Gasteiger partial charge on any atom is -0.463 e. The molecule has 0 bridgehead atoms. The van der Waals surface area contributed by atoms with E-state index >= 15 is 0 Å². The standard InChI is InChI=1S/C15H19N3O6/c1-9(19)22-8-11-13(20)14(12(17-18-16)15(21)24-11)23-7-10-5-3-2-4-6-10/h2-6,11-15,20-21H,7-8H2,1H3/t11-,12-,13-,14-,15?/m1/s1. The highest BCUT2D eigenvalue weighted by molar-refractivity contribution is 5.65. The predicted molar refractivity (Wildman–Crippen MR) is 81.5 cm³/mol. The Morgan fingerprint density at radius 1 is 1.38 bits per heavy atom. The first-order chi connectivity index (χ1) is 11.5. The fourth-order valence-corrected chi connectivity index (χ4v) is 2.40. The molecule has 1 aromatic rings. The number of nitrogens with zero attached hydrogens (tertiary/aromatic N) is 3. The van der Waals surface area contributed by atoms with Crippen molar-refractivity contribution in [2.45, 2.75) is 44.2 Å². The molecule has 1 heterocycles. The minimum atomic E-state index is -1.48. The lowest BCUT2D eigenvalue weighted by molar-refractivity contribution is -0.260. The zero-order valence-corrected chi connectivity index (χ0v) is 13.1. The Morgan fingerprint density at radius 3 is 2.71 bits per heavy atom. The molecule has 1 unspecified atom stereocenters. The summed E-state index contributed by atoms with van der Waals surface area (Å²) in [7, 11) is 0. The van der Waals surface area contributed by atoms with Crippen molar-refractivity contribution in [3.63, 3.8) is 0 Å². The van der Waals surface area contributed by atoms with Crippen LogP contribution in [0.4, 0.5) is 0 Å². The van der Waals surface area contributed by atoms with Crippen molar-refractivity contribution in [3.05, 3.63) is 46.3 Å². The van der Waals surface area contributed by atoms with E-state index in [9.17, 15) is 15.0 Å². The Bertz CT molecular complexity index is 592. The van der Waals surface area contributed by atoms with Crippen LogP contribution in [0.15, 0.2) is 35.4 Å². The molecule has 0 aromatic heterocycles. The van der Waals surface area contributed by atoms with Gasteiger partial charge in [-0.2, -0.15) is 0 Å². The Labute approximate surface area is 138 Å². The molecule has 5 atom stereocenters. The normalized spacial score (nSPS) is 29.5. The van der Waals surface area contributed by atoms with Crippen LogP contribution in [0.1, 0.15) is 12.5 Å². The molecule has 0 aliphatic carbocycles. The summed E-state index contributed by atoms with van der Waals surface area (Å²) >= 11 is 0. The number of benzene rings is 1. The number of aliphatic hydroxyl groups is 2. The second-order valence-electron chi connectivity index (χ2n) is 5.31. The molecule has 1 saturated heterocycles. The first-order valence-electron chi connectivity index (χ1n) is 7.37. The third-order valence-electron chi connectivity index (χ3n) is 3.58. The van der Waals surface area contributed by atoms with Gasteiger partial charge in [-0.1, -0.05) is 35.4 Å². The number of carbonyl (C=O) groups is 1. The highest BCUT2D eigenvalue weighted by Gasteiger charge is 2.45. The molecular weight excluding hydrogens is 318 g/mol. The van der Waals surface area contributed by atoms with E-state index in [1.807, 2.05) is 30.3 Å². The van der Waals surface area contributed by atoms with Gasteiger partial charge in [0, 0.05) is 11.8 Å². The van der Waals surface area contributed by atoms with E-state index < -0.39 is 36.6 Å². The fraction of sp³-hybridized carbons (Fsp3) is 0.533. The molecule has 1 fully saturated rings. The maximum Gasteiger partial charge on any atom is 0.302 e. The number of azide groups is 1. The SMILES string of the molecule is CC(=O)OC[C@H]1OC(O)[C@H](N=[N+]=[N-])[C@@H](OCc2ccccc2)[C@@H]1O. The van der Waals surface area contributed by atoms with E-state index in [4.69, 9.17) is 19.7 Å². The molecule has 1 aliphatic rings. The van der Waals surface area contributed by atoms with Crippen molar-refractivity contribution in [2.24, 2.45) is 5.11 Å². The van der Waals surface area contributed by atoms with Crippen LogP contribution in [-0.4, -0.2) is 53.4 Å². The number of ether oxygens (including phenoxy) is 3. The number of aliphatic hydroxyl groups excluding tert-OH is 2. The van der Waals surface area contributed by atoms with Crippen LogP contribution in [0.2, 0.25) is 0 Å². The minimum absolute atomic E-state index is 0.146. The van der Waals surface area contributed by atoms with Crippen LogP contribution in [0.5, 0.6) is 0 Å². The zero-order valence-electron chi connectivity index (χ0n) is 13.1. The first kappa shape index (κ1) is 18.2. The molecule has 2 N–H and O–H groups in total. The summed E-state index contributed by atoms with van der Waals surface area (Å²) in [6, 6.07) is 8.07. The van der Waals surface area contributed by atoms with Crippen molar-refractivity contribution in [3.8, 4) is 0 Å². The second kappa shape index (κ2) is 8.62. The maximum atomic E-state index is 10.9. The van der Waals surface area contributed by atoms with Crippen molar-refractivity contribution < 1.29 is 29.2 Å². The lowest BCUT2D eigenvalue weighted by Crippen LogP contribution is -2.58. The largest absolute Gasteiger partial charge is 0.463 e. The quantitative estimate of drug-likeness (QED) is 0.343. The summed E-state index contributed by atoms with van der Waals surface area (Å²) < 4.78 is 15.7. The molecule has 1 aliphatic heterocycles. The maximum absolute atomic E-state index is 10.9. The van der Waals surface area contributed by atoms with E-state index in [-0.39, 0.29) is 13.2 Å². The van der Waals surface area contributed by atoms with Crippen LogP contribution >= 0.6 is 0 Å². The van der Waals surface area contributed by atoms with E-state index in [1.54, 1.807) is 0 Å². The van der Waals surface area contributed by atoms with Gasteiger partial charge < -0.3 is 24.4 Å². The average Bonchev–Trinajstić information content (AvgIpc) is 2.57. The topological polar surface area (TPSA) is 134 Å². The van der Waals surface area contributed by atoms with Gasteiger partial charge in [-0.05, 0) is 11.1 Å². The van der Waals surface area contributed by atoms with Gasteiger partial charge in [-0.3, -0.25) is 4.79 Å². The fourth-order valence-electron chi connectivity index (χ4n) is 2.40. The molecule has 1 aromatic carbocycles. The Balaban J connectivity index is 2.10. The molecule has 0 radical (unpaired) electrons. The van der Waals surface area contributed by atoms with Crippen molar-refractivity contribution >= 4 is 5.97 Å². The molecule has 130 valence electrons. The lowest BCUT2D eigenvalue weighted by atomic mass is 9.97. The highest BCUT2D eigenvalue weighted by atomic mass is 16.6. The summed E-state index contributed by atoms with van der Waals surface area (Å²) in [5.74, 6) is -0.542. The van der Waals surface area contributed by atoms with E-state index in [2.05, 4.69) is 10.0 Å². The number of rotatable bonds is 6. The molecule has 9 heteroatoms. The van der Waals surface area contributed by atoms with Gasteiger partial charge in [0.25, 0.3) is 0 Å². The van der Waals surface area contributed by atoms with Crippen LogP contribution in [0.25, 0.3) is 10.4 Å². The van der Waals surface area contributed by atoms with Gasteiger partial charge in [-0.25, -0.2) is 0 Å². The van der Waals surface area contributed by atoms with Crippen molar-refractivity contribution in [2.75, 3.05) is 6.61 Å². The highest BCUT2D eigenvalue weighted by Crippen LogP contribution is 2.26. The molecule has 0 amide bonds. The van der Waals surface area contributed by atoms with Gasteiger partial charge in [-0.15, -0.1) is 0 Å². The zero-order chi connectivity index (χ0) is 17.5. The van der Waals surface area contributed by atoms with Crippen LogP contribution in [0.3, 0.4) is 0 Å². The summed E-state index contributed by atoms with van der Waals surface area (Å²) in [5.41, 5.74) is 9.50. The molecular formula is C15H19N3O6.